The molecule has 2 aliphatic heterocycles. The highest BCUT2D eigenvalue weighted by Gasteiger charge is 2.38. The third-order valence-corrected chi connectivity index (χ3v) is 4.59. The number of furan rings is 1. The zero-order valence-electron chi connectivity index (χ0n) is 12.9. The first-order valence-electron chi connectivity index (χ1n) is 7.83. The molecule has 0 aromatic carbocycles. The van der Waals surface area contributed by atoms with E-state index < -0.39 is 5.91 Å². The first kappa shape index (κ1) is 14.7. The molecule has 2 fully saturated rings. The number of nitrogens with two attached hydrogens (primary N) is 1. The minimum Gasteiger partial charge on any atom is -0.448 e. The predicted molar refractivity (Wildman–Crippen MR) is 85.9 cm³/mol. The summed E-state index contributed by atoms with van der Waals surface area (Å²) in [7, 11) is 0. The second-order valence-electron chi connectivity index (χ2n) is 6.22. The Morgan fingerprint density at radius 1 is 1.38 bits per heavy atom. The van der Waals surface area contributed by atoms with Crippen LogP contribution in [0.3, 0.4) is 0 Å². The molecule has 7 heteroatoms. The van der Waals surface area contributed by atoms with E-state index in [1.807, 2.05) is 0 Å². The SMILES string of the molecule is NC(=O)C#Cc1cc2cnc(C(=O)NC3CN4CCC3C4)cc2o1. The van der Waals surface area contributed by atoms with Crippen molar-refractivity contribution in [2.24, 2.45) is 11.7 Å². The fraction of sp³-hybridized carbons (Fsp3) is 0.353. The van der Waals surface area contributed by atoms with E-state index in [0.717, 1.165) is 26.1 Å². The summed E-state index contributed by atoms with van der Waals surface area (Å²) in [6.45, 7) is 3.10. The highest BCUT2D eigenvalue weighted by molar-refractivity contribution is 5.96. The van der Waals surface area contributed by atoms with E-state index in [1.165, 1.54) is 0 Å². The van der Waals surface area contributed by atoms with Gasteiger partial charge in [-0.3, -0.25) is 14.6 Å². The molecule has 2 aliphatic rings. The van der Waals surface area contributed by atoms with Crippen molar-refractivity contribution in [3.63, 3.8) is 0 Å². The van der Waals surface area contributed by atoms with Crippen molar-refractivity contribution in [1.82, 2.24) is 15.2 Å². The standard InChI is InChI=1S/C17H16N4O3/c18-16(22)2-1-12-5-11-7-19-13(6-15(11)24-12)17(23)20-14-9-21-4-3-10(14)8-21/h5-7,10,14H,3-4,8-9H2,(H2,18,22)(H,20,23). The van der Waals surface area contributed by atoms with Gasteiger partial charge < -0.3 is 20.4 Å². The normalized spacial score (nSPS) is 24.6. The zero-order chi connectivity index (χ0) is 16.7. The Balaban J connectivity index is 1.53. The Morgan fingerprint density at radius 3 is 2.96 bits per heavy atom. The lowest BCUT2D eigenvalue weighted by molar-refractivity contribution is -0.112. The summed E-state index contributed by atoms with van der Waals surface area (Å²) in [4.78, 5) is 29.7. The van der Waals surface area contributed by atoms with Crippen LogP contribution < -0.4 is 11.1 Å². The van der Waals surface area contributed by atoms with Crippen molar-refractivity contribution in [2.45, 2.75) is 12.5 Å². The number of carbonyl (C=O) groups is 2. The third-order valence-electron chi connectivity index (χ3n) is 4.59. The molecule has 2 aromatic rings. The molecule has 2 aromatic heterocycles. The molecule has 3 atom stereocenters. The second-order valence-corrected chi connectivity index (χ2v) is 6.22. The number of nitrogens with one attached hydrogen (secondary N) is 1. The van der Waals surface area contributed by atoms with Crippen LogP contribution in [0.5, 0.6) is 0 Å². The number of rotatable bonds is 2. The largest absolute Gasteiger partial charge is 0.448 e. The van der Waals surface area contributed by atoms with Gasteiger partial charge in [0.2, 0.25) is 0 Å². The van der Waals surface area contributed by atoms with E-state index >= 15 is 0 Å². The predicted octanol–water partition coefficient (Wildman–Crippen LogP) is 0.0985. The van der Waals surface area contributed by atoms with Crippen LogP contribution >= 0.6 is 0 Å². The molecule has 0 radical (unpaired) electrons. The van der Waals surface area contributed by atoms with Crippen LogP contribution in [-0.4, -0.2) is 47.4 Å². The third kappa shape index (κ3) is 2.72. The average molecular weight is 324 g/mol. The fourth-order valence-corrected chi connectivity index (χ4v) is 3.43. The lowest BCUT2D eigenvalue weighted by Crippen LogP contribution is -2.43. The lowest BCUT2D eigenvalue weighted by Gasteiger charge is -2.22. The van der Waals surface area contributed by atoms with Gasteiger partial charge in [-0.15, -0.1) is 0 Å². The van der Waals surface area contributed by atoms with Gasteiger partial charge in [-0.25, -0.2) is 0 Å². The molecule has 3 unspecified atom stereocenters. The summed E-state index contributed by atoms with van der Waals surface area (Å²) < 4.78 is 5.52. The van der Waals surface area contributed by atoms with E-state index in [0.29, 0.717) is 28.3 Å². The number of primary amides is 1. The molecule has 3 N–H and O–H groups in total. The van der Waals surface area contributed by atoms with Gasteiger partial charge in [0.1, 0.15) is 11.3 Å². The summed E-state index contributed by atoms with van der Waals surface area (Å²) in [6.07, 6.45) is 2.70. The molecule has 0 saturated carbocycles. The van der Waals surface area contributed by atoms with E-state index in [1.54, 1.807) is 18.3 Å². The van der Waals surface area contributed by atoms with Crippen molar-refractivity contribution in [3.05, 3.63) is 29.8 Å². The monoisotopic (exact) mass is 324 g/mol. The molecular formula is C17H16N4O3. The number of piperidine rings is 1. The van der Waals surface area contributed by atoms with Crippen LogP contribution in [0, 0.1) is 17.8 Å². The Labute approximate surface area is 138 Å². The van der Waals surface area contributed by atoms with Crippen molar-refractivity contribution < 1.29 is 14.0 Å². The summed E-state index contributed by atoms with van der Waals surface area (Å²) in [5.41, 5.74) is 5.79. The molecule has 7 nitrogen and oxygen atoms in total. The molecule has 122 valence electrons. The van der Waals surface area contributed by atoms with Gasteiger partial charge in [-0.05, 0) is 24.8 Å². The number of carbonyl (C=O) groups excluding carboxylic acids is 2. The van der Waals surface area contributed by atoms with Crippen LogP contribution in [0.2, 0.25) is 0 Å². The highest BCUT2D eigenvalue weighted by Crippen LogP contribution is 2.28. The number of nitrogens with zero attached hydrogens (tertiary/aromatic N) is 2. The van der Waals surface area contributed by atoms with E-state index in [4.69, 9.17) is 10.2 Å². The van der Waals surface area contributed by atoms with Gasteiger partial charge in [-0.1, -0.05) is 0 Å². The number of pyridine rings is 1. The number of aromatic nitrogens is 1. The Morgan fingerprint density at radius 2 is 2.25 bits per heavy atom. The Bertz CT molecular complexity index is 892. The molecule has 4 heterocycles. The van der Waals surface area contributed by atoms with Crippen molar-refractivity contribution in [2.75, 3.05) is 19.6 Å². The number of amides is 2. The minimum atomic E-state index is -0.727. The average Bonchev–Trinajstić information content (AvgIpc) is 3.26. The quantitative estimate of drug-likeness (QED) is 0.763. The zero-order valence-corrected chi connectivity index (χ0v) is 12.9. The van der Waals surface area contributed by atoms with Crippen LogP contribution in [0.15, 0.2) is 22.7 Å². The van der Waals surface area contributed by atoms with Crippen molar-refractivity contribution >= 4 is 22.8 Å². The van der Waals surface area contributed by atoms with Crippen molar-refractivity contribution in [1.29, 1.82) is 0 Å². The van der Waals surface area contributed by atoms with Gasteiger partial charge in [0, 0.05) is 48.8 Å². The molecule has 2 amide bonds. The van der Waals surface area contributed by atoms with Gasteiger partial charge in [0.25, 0.3) is 11.8 Å². The molecule has 2 bridgehead atoms. The second kappa shape index (κ2) is 5.65. The lowest BCUT2D eigenvalue weighted by atomic mass is 10.00. The Kier molecular flexibility index (Phi) is 3.47. The molecule has 2 saturated heterocycles. The summed E-state index contributed by atoms with van der Waals surface area (Å²) in [5.74, 6) is 4.67. The maximum Gasteiger partial charge on any atom is 0.293 e. The van der Waals surface area contributed by atoms with Crippen LogP contribution in [0.4, 0.5) is 0 Å². The highest BCUT2D eigenvalue weighted by atomic mass is 16.3. The Hall–Kier alpha value is -2.85. The van der Waals surface area contributed by atoms with Gasteiger partial charge in [0.05, 0.1) is 0 Å². The molecule has 0 spiro atoms. The van der Waals surface area contributed by atoms with E-state index in [2.05, 4.69) is 27.0 Å². The summed E-state index contributed by atoms with van der Waals surface area (Å²) in [5, 5.41) is 3.78. The van der Waals surface area contributed by atoms with E-state index in [-0.39, 0.29) is 11.9 Å². The van der Waals surface area contributed by atoms with E-state index in [9.17, 15) is 9.59 Å². The minimum absolute atomic E-state index is 0.192. The van der Waals surface area contributed by atoms with Gasteiger partial charge >= 0.3 is 0 Å². The molecule has 24 heavy (non-hydrogen) atoms. The first-order valence-corrected chi connectivity index (χ1v) is 7.83. The number of fused-ring (bicyclic) bond motifs is 3. The smallest absolute Gasteiger partial charge is 0.293 e. The molecule has 0 aliphatic carbocycles. The van der Waals surface area contributed by atoms with Crippen molar-refractivity contribution in [3.8, 4) is 11.8 Å². The van der Waals surface area contributed by atoms with Crippen LogP contribution in [0.1, 0.15) is 22.7 Å². The fourth-order valence-electron chi connectivity index (χ4n) is 3.43. The van der Waals surface area contributed by atoms with Crippen LogP contribution in [-0.2, 0) is 4.79 Å². The van der Waals surface area contributed by atoms with Gasteiger partial charge in [0.15, 0.2) is 5.76 Å². The topological polar surface area (TPSA) is 101 Å². The number of hydrogen-bond donors (Lipinski definition) is 2. The first-order chi connectivity index (χ1) is 11.6. The molecular weight excluding hydrogens is 308 g/mol. The van der Waals surface area contributed by atoms with Crippen LogP contribution in [0.25, 0.3) is 11.0 Å². The summed E-state index contributed by atoms with van der Waals surface area (Å²) >= 11 is 0. The maximum absolute atomic E-state index is 12.4. The molecule has 4 rings (SSSR count). The van der Waals surface area contributed by atoms with Gasteiger partial charge in [-0.2, -0.15) is 0 Å². The maximum atomic E-state index is 12.4. The summed E-state index contributed by atoms with van der Waals surface area (Å²) in [6, 6.07) is 3.44. The number of hydrogen-bond acceptors (Lipinski definition) is 5.